The highest BCUT2D eigenvalue weighted by Crippen LogP contribution is 2.18. The van der Waals surface area contributed by atoms with Crippen molar-refractivity contribution in [3.8, 4) is 5.75 Å². The van der Waals surface area contributed by atoms with Crippen LogP contribution in [-0.2, 0) is 20.6 Å². The summed E-state index contributed by atoms with van der Waals surface area (Å²) >= 11 is 0. The van der Waals surface area contributed by atoms with Crippen LogP contribution in [0.15, 0.2) is 69.3 Å². The van der Waals surface area contributed by atoms with E-state index in [0.717, 1.165) is 21.4 Å². The summed E-state index contributed by atoms with van der Waals surface area (Å²) in [6, 6.07) is 17.1. The molecule has 4 rings (SSSR count). The molecule has 31 heavy (non-hydrogen) atoms. The van der Waals surface area contributed by atoms with Gasteiger partial charge < -0.3 is 4.74 Å². The molecule has 0 radical (unpaired) electrons. The number of anilines is 1. The third-order valence-electron chi connectivity index (χ3n) is 5.03. The number of hydrogen-bond acceptors (Lipinski definition) is 6. The number of hydrogen-bond donors (Lipinski definition) is 1. The lowest BCUT2D eigenvalue weighted by Crippen LogP contribution is -2.37. The number of aromatic nitrogens is 4. The standard InChI is InChI=1S/C22H22N6O3/c1-26-19-18(20(29)27(2)22(26)30)28(14-16-7-5-4-6-8-16)21(24-19)25-23-13-15-9-11-17(31-3)12-10-15/h4-13H,14H2,1-3H3,(H,24,25)/b23-13-. The van der Waals surface area contributed by atoms with Gasteiger partial charge >= 0.3 is 5.69 Å². The van der Waals surface area contributed by atoms with Crippen molar-refractivity contribution in [1.82, 2.24) is 18.7 Å². The number of hydrazone groups is 1. The highest BCUT2D eigenvalue weighted by molar-refractivity contribution is 5.80. The molecule has 9 nitrogen and oxygen atoms in total. The molecule has 0 atom stereocenters. The number of nitrogens with zero attached hydrogens (tertiary/aromatic N) is 5. The molecule has 158 valence electrons. The van der Waals surface area contributed by atoms with Crippen molar-refractivity contribution in [3.63, 3.8) is 0 Å². The number of rotatable bonds is 6. The Morgan fingerprint density at radius 3 is 2.42 bits per heavy atom. The van der Waals surface area contributed by atoms with Gasteiger partial charge in [0.1, 0.15) is 5.75 Å². The molecular formula is C22H22N6O3. The van der Waals surface area contributed by atoms with Crippen LogP contribution in [0.4, 0.5) is 5.95 Å². The van der Waals surface area contributed by atoms with Crippen molar-refractivity contribution in [2.75, 3.05) is 12.5 Å². The van der Waals surface area contributed by atoms with Crippen molar-refractivity contribution < 1.29 is 4.74 Å². The monoisotopic (exact) mass is 418 g/mol. The maximum absolute atomic E-state index is 12.9. The molecule has 9 heteroatoms. The maximum atomic E-state index is 12.9. The summed E-state index contributed by atoms with van der Waals surface area (Å²) in [6.45, 7) is 0.394. The fourth-order valence-electron chi connectivity index (χ4n) is 3.31. The minimum absolute atomic E-state index is 0.297. The number of methoxy groups -OCH3 is 1. The summed E-state index contributed by atoms with van der Waals surface area (Å²) in [6.07, 6.45) is 1.64. The molecule has 0 saturated heterocycles. The molecule has 0 aliphatic heterocycles. The van der Waals surface area contributed by atoms with Gasteiger partial charge in [0.05, 0.1) is 19.9 Å². The van der Waals surface area contributed by atoms with Gasteiger partial charge in [0, 0.05) is 14.1 Å². The Kier molecular flexibility index (Phi) is 5.40. The number of aryl methyl sites for hydroxylation is 1. The van der Waals surface area contributed by atoms with E-state index in [-0.39, 0.29) is 0 Å². The van der Waals surface area contributed by atoms with E-state index >= 15 is 0 Å². The summed E-state index contributed by atoms with van der Waals surface area (Å²) in [7, 11) is 4.66. The first-order valence-electron chi connectivity index (χ1n) is 9.63. The van der Waals surface area contributed by atoms with Crippen molar-refractivity contribution in [2.24, 2.45) is 19.2 Å². The van der Waals surface area contributed by atoms with Crippen molar-refractivity contribution in [1.29, 1.82) is 0 Å². The Morgan fingerprint density at radius 2 is 1.74 bits per heavy atom. The molecule has 1 N–H and O–H groups in total. The van der Waals surface area contributed by atoms with Crippen LogP contribution in [0.5, 0.6) is 5.75 Å². The normalized spacial score (nSPS) is 11.3. The minimum Gasteiger partial charge on any atom is -0.497 e. The van der Waals surface area contributed by atoms with Crippen LogP contribution >= 0.6 is 0 Å². The lowest BCUT2D eigenvalue weighted by molar-refractivity contribution is 0.415. The molecule has 0 spiro atoms. The highest BCUT2D eigenvalue weighted by Gasteiger charge is 2.19. The van der Waals surface area contributed by atoms with E-state index in [1.54, 1.807) is 24.9 Å². The predicted molar refractivity (Wildman–Crippen MR) is 120 cm³/mol. The van der Waals surface area contributed by atoms with Crippen LogP contribution in [0, 0.1) is 0 Å². The van der Waals surface area contributed by atoms with Crippen LogP contribution in [0.25, 0.3) is 11.2 Å². The van der Waals surface area contributed by atoms with E-state index in [4.69, 9.17) is 4.74 Å². The van der Waals surface area contributed by atoms with Crippen LogP contribution < -0.4 is 21.4 Å². The van der Waals surface area contributed by atoms with E-state index < -0.39 is 11.2 Å². The summed E-state index contributed by atoms with van der Waals surface area (Å²) in [5, 5.41) is 4.27. The predicted octanol–water partition coefficient (Wildman–Crippen LogP) is 1.94. The van der Waals surface area contributed by atoms with Gasteiger partial charge in [-0.25, -0.2) is 10.2 Å². The van der Waals surface area contributed by atoms with Crippen molar-refractivity contribution in [2.45, 2.75) is 6.54 Å². The summed E-state index contributed by atoms with van der Waals surface area (Å²) in [5.74, 6) is 1.12. The molecule has 0 fully saturated rings. The van der Waals surface area contributed by atoms with E-state index in [2.05, 4.69) is 15.5 Å². The topological polar surface area (TPSA) is 95.4 Å². The molecule has 0 aliphatic rings. The van der Waals surface area contributed by atoms with Gasteiger partial charge in [-0.15, -0.1) is 0 Å². The number of nitrogens with one attached hydrogen (secondary N) is 1. The molecule has 2 heterocycles. The number of imidazole rings is 1. The van der Waals surface area contributed by atoms with E-state index in [9.17, 15) is 9.59 Å². The highest BCUT2D eigenvalue weighted by atomic mass is 16.5. The Balaban J connectivity index is 1.77. The van der Waals surface area contributed by atoms with Gasteiger partial charge in [-0.05, 0) is 35.4 Å². The van der Waals surface area contributed by atoms with Crippen molar-refractivity contribution in [3.05, 3.63) is 86.6 Å². The van der Waals surface area contributed by atoms with Crippen LogP contribution in [0.1, 0.15) is 11.1 Å². The maximum Gasteiger partial charge on any atom is 0.332 e. The summed E-state index contributed by atoms with van der Waals surface area (Å²) < 4.78 is 9.33. The van der Waals surface area contributed by atoms with Gasteiger partial charge in [-0.2, -0.15) is 10.1 Å². The van der Waals surface area contributed by atoms with Crippen molar-refractivity contribution >= 4 is 23.3 Å². The van der Waals surface area contributed by atoms with Gasteiger partial charge in [0.15, 0.2) is 11.2 Å². The zero-order valence-electron chi connectivity index (χ0n) is 17.4. The molecule has 4 aromatic rings. The number of fused-ring (bicyclic) bond motifs is 1. The first kappa shape index (κ1) is 20.1. The Hall–Kier alpha value is -4.14. The molecule has 2 aromatic heterocycles. The molecular weight excluding hydrogens is 396 g/mol. The van der Waals surface area contributed by atoms with Crippen LogP contribution in [-0.4, -0.2) is 32.0 Å². The lowest BCUT2D eigenvalue weighted by atomic mass is 10.2. The average Bonchev–Trinajstić information content (AvgIpc) is 3.15. The number of benzene rings is 2. The Morgan fingerprint density at radius 1 is 1.03 bits per heavy atom. The Labute approximate surface area is 177 Å². The van der Waals surface area contributed by atoms with E-state index in [1.807, 2.05) is 54.6 Å². The molecule has 0 unspecified atom stereocenters. The van der Waals surface area contributed by atoms with Gasteiger partial charge in [-0.3, -0.25) is 18.5 Å². The largest absolute Gasteiger partial charge is 0.497 e. The van der Waals surface area contributed by atoms with Crippen LogP contribution in [0.3, 0.4) is 0 Å². The third-order valence-corrected chi connectivity index (χ3v) is 5.03. The molecule has 0 saturated carbocycles. The zero-order valence-corrected chi connectivity index (χ0v) is 17.4. The first-order chi connectivity index (χ1) is 15.0. The molecule has 2 aromatic carbocycles. The quantitative estimate of drug-likeness (QED) is 0.381. The molecule has 0 amide bonds. The average molecular weight is 418 g/mol. The SMILES string of the molecule is COc1ccc(/C=N\Nc2nc3c(c(=O)n(C)c(=O)n3C)n2Cc2ccccc2)cc1. The first-order valence-corrected chi connectivity index (χ1v) is 9.63. The van der Waals surface area contributed by atoms with E-state index in [0.29, 0.717) is 23.7 Å². The Bertz CT molecular complexity index is 1370. The second kappa shape index (κ2) is 8.31. The van der Waals surface area contributed by atoms with E-state index in [1.165, 1.54) is 11.6 Å². The lowest BCUT2D eigenvalue weighted by Gasteiger charge is -2.09. The second-order valence-electron chi connectivity index (χ2n) is 7.03. The van der Waals surface area contributed by atoms with Gasteiger partial charge in [-0.1, -0.05) is 30.3 Å². The summed E-state index contributed by atoms with van der Waals surface area (Å²) in [5.41, 5.74) is 4.55. The minimum atomic E-state index is -0.435. The second-order valence-corrected chi connectivity index (χ2v) is 7.03. The fraction of sp³-hybridized carbons (Fsp3) is 0.182. The smallest absolute Gasteiger partial charge is 0.332 e. The third kappa shape index (κ3) is 3.85. The van der Waals surface area contributed by atoms with Gasteiger partial charge in [0.25, 0.3) is 5.56 Å². The van der Waals surface area contributed by atoms with Crippen LogP contribution in [0.2, 0.25) is 0 Å². The zero-order chi connectivity index (χ0) is 22.0. The summed E-state index contributed by atoms with van der Waals surface area (Å²) in [4.78, 5) is 29.7. The molecule has 0 aliphatic carbocycles. The molecule has 0 bridgehead atoms. The fourth-order valence-corrected chi connectivity index (χ4v) is 3.31. The number of ether oxygens (including phenoxy) is 1. The van der Waals surface area contributed by atoms with Gasteiger partial charge in [0.2, 0.25) is 5.95 Å².